The van der Waals surface area contributed by atoms with Crippen LogP contribution in [0.15, 0.2) is 28.7 Å². The second-order valence-corrected chi connectivity index (χ2v) is 7.85. The molecule has 0 aromatic carbocycles. The number of nitrogens with zero attached hydrogens (tertiary/aromatic N) is 2. The Morgan fingerprint density at radius 1 is 1.28 bits per heavy atom. The van der Waals surface area contributed by atoms with E-state index < -0.39 is 46.2 Å². The Hall–Kier alpha value is -1.40. The Morgan fingerprint density at radius 2 is 1.92 bits per heavy atom. The number of rotatable bonds is 6. The van der Waals surface area contributed by atoms with Crippen LogP contribution in [0.2, 0.25) is 0 Å². The molecule has 2 rings (SSSR count). The van der Waals surface area contributed by atoms with Crippen molar-refractivity contribution in [3.05, 3.63) is 34.4 Å². The summed E-state index contributed by atoms with van der Waals surface area (Å²) in [6.07, 6.45) is -0.641. The maximum atomic E-state index is 11.8. The summed E-state index contributed by atoms with van der Waals surface area (Å²) in [7, 11) is -10.4. The lowest BCUT2D eigenvalue weighted by atomic mass is 10.1. The van der Waals surface area contributed by atoms with Crippen molar-refractivity contribution < 1.29 is 42.9 Å². The fourth-order valence-corrected chi connectivity index (χ4v) is 3.74. The van der Waals surface area contributed by atoms with Gasteiger partial charge in [-0.05, 0) is 11.6 Å². The van der Waals surface area contributed by atoms with E-state index in [0.717, 1.165) is 4.57 Å². The van der Waals surface area contributed by atoms with Crippen LogP contribution in [-0.4, -0.2) is 53.3 Å². The summed E-state index contributed by atoms with van der Waals surface area (Å²) < 4.78 is 30.9. The molecule has 1 unspecified atom stereocenters. The first-order valence-corrected chi connectivity index (χ1v) is 9.58. The minimum atomic E-state index is -5.28. The molecule has 0 amide bonds. The maximum absolute atomic E-state index is 11.8. The normalized spacial score (nSPS) is 26.3. The molecule has 1 aromatic rings. The Morgan fingerprint density at radius 3 is 2.48 bits per heavy atom. The first-order valence-electron chi connectivity index (χ1n) is 6.55. The number of nitrogen functional groups attached to an aromatic ring is 1. The van der Waals surface area contributed by atoms with E-state index >= 15 is 0 Å². The third-order valence-corrected chi connectivity index (χ3v) is 5.35. The first-order chi connectivity index (χ1) is 11.4. The Balaban J connectivity index is 2.17. The Labute approximate surface area is 139 Å². The van der Waals surface area contributed by atoms with Crippen molar-refractivity contribution in [1.82, 2.24) is 9.55 Å². The highest BCUT2D eigenvalue weighted by Gasteiger charge is 2.38. The Kier molecular flexibility index (Phi) is 5.64. The van der Waals surface area contributed by atoms with Crippen molar-refractivity contribution >= 4 is 21.5 Å². The molecule has 1 aliphatic rings. The third kappa shape index (κ3) is 5.05. The fourth-order valence-electron chi connectivity index (χ4n) is 2.17. The third-order valence-electron chi connectivity index (χ3n) is 3.21. The monoisotopic (exact) mass is 399 g/mol. The van der Waals surface area contributed by atoms with E-state index in [1.807, 2.05) is 0 Å². The zero-order valence-corrected chi connectivity index (χ0v) is 14.1. The van der Waals surface area contributed by atoms with E-state index in [0.29, 0.717) is 0 Å². The lowest BCUT2D eigenvalue weighted by Crippen LogP contribution is -2.35. The molecule has 1 heterocycles. The van der Waals surface area contributed by atoms with Crippen LogP contribution in [0.4, 0.5) is 5.82 Å². The largest absolute Gasteiger partial charge is 0.481 e. The van der Waals surface area contributed by atoms with Crippen LogP contribution in [-0.2, 0) is 18.0 Å². The van der Waals surface area contributed by atoms with Crippen LogP contribution >= 0.6 is 15.6 Å². The molecular formula is C10H15N3O10P2. The van der Waals surface area contributed by atoms with Gasteiger partial charge in [0.25, 0.3) is 0 Å². The fraction of sp³-hybridized carbons (Fsp3) is 0.400. The number of anilines is 1. The van der Waals surface area contributed by atoms with E-state index in [-0.39, 0.29) is 11.4 Å². The summed E-state index contributed by atoms with van der Waals surface area (Å²) in [6, 6.07) is 0.230. The highest BCUT2D eigenvalue weighted by atomic mass is 31.3. The van der Waals surface area contributed by atoms with Crippen molar-refractivity contribution in [2.24, 2.45) is 0 Å². The first kappa shape index (κ1) is 19.9. The minimum absolute atomic E-state index is 0.0439. The lowest BCUT2D eigenvalue weighted by Gasteiger charge is -2.19. The average molecular weight is 399 g/mol. The molecule has 0 fully saturated rings. The van der Waals surface area contributed by atoms with Gasteiger partial charge in [-0.2, -0.15) is 9.29 Å². The number of hydrogen-bond donors (Lipinski definition) is 6. The Bertz CT molecular complexity index is 832. The molecule has 4 atom stereocenters. The maximum Gasteiger partial charge on any atom is 0.481 e. The molecule has 140 valence electrons. The van der Waals surface area contributed by atoms with E-state index in [4.69, 9.17) is 15.5 Å². The predicted molar refractivity (Wildman–Crippen MR) is 80.9 cm³/mol. The standard InChI is InChI=1S/C10H15N3O10P2/c11-7-1-2-13(10(16)12-7)6-3-5(8(14)9(6)15)4-22-25(20,21)23-24(17,18)19/h1-3,6,8-9,14-15H,4H2,(H,20,21)(H2,11,12,16)(H2,17,18,19)/t6-,8-,9+/m1/s1. The second-order valence-electron chi connectivity index (χ2n) is 5.02. The zero-order chi connectivity index (χ0) is 19.0. The quantitative estimate of drug-likeness (QED) is 0.232. The summed E-state index contributed by atoms with van der Waals surface area (Å²) >= 11 is 0. The van der Waals surface area contributed by atoms with Crippen molar-refractivity contribution in [2.75, 3.05) is 12.3 Å². The van der Waals surface area contributed by atoms with Crippen LogP contribution < -0.4 is 11.4 Å². The van der Waals surface area contributed by atoms with Crippen molar-refractivity contribution in [3.8, 4) is 0 Å². The summed E-state index contributed by atoms with van der Waals surface area (Å²) in [5.41, 5.74) is 4.45. The minimum Gasteiger partial charge on any atom is -0.388 e. The number of hydrogen-bond acceptors (Lipinski definition) is 9. The molecule has 1 aliphatic carbocycles. The van der Waals surface area contributed by atoms with Crippen LogP contribution in [0, 0.1) is 0 Å². The number of aliphatic hydroxyl groups is 2. The summed E-state index contributed by atoms with van der Waals surface area (Å²) in [4.78, 5) is 41.4. The van der Waals surface area contributed by atoms with Gasteiger partial charge in [0.05, 0.1) is 12.6 Å². The molecular weight excluding hydrogens is 384 g/mol. The molecule has 25 heavy (non-hydrogen) atoms. The van der Waals surface area contributed by atoms with Gasteiger partial charge in [0.15, 0.2) is 0 Å². The molecule has 0 spiro atoms. The molecule has 0 saturated carbocycles. The summed E-state index contributed by atoms with van der Waals surface area (Å²) in [5.74, 6) is -0.0439. The molecule has 7 N–H and O–H groups in total. The van der Waals surface area contributed by atoms with Gasteiger partial charge >= 0.3 is 21.3 Å². The van der Waals surface area contributed by atoms with Gasteiger partial charge in [-0.3, -0.25) is 9.09 Å². The van der Waals surface area contributed by atoms with Gasteiger partial charge in [0.2, 0.25) is 0 Å². The van der Waals surface area contributed by atoms with Crippen molar-refractivity contribution in [1.29, 1.82) is 0 Å². The number of aliphatic hydroxyl groups excluding tert-OH is 2. The van der Waals surface area contributed by atoms with E-state index in [2.05, 4.69) is 13.8 Å². The van der Waals surface area contributed by atoms with Gasteiger partial charge in [-0.15, -0.1) is 0 Å². The number of phosphoric acid groups is 2. The lowest BCUT2D eigenvalue weighted by molar-refractivity contribution is 0.0270. The molecule has 0 radical (unpaired) electrons. The van der Waals surface area contributed by atoms with Crippen LogP contribution in [0.5, 0.6) is 0 Å². The molecule has 0 bridgehead atoms. The van der Waals surface area contributed by atoms with Crippen LogP contribution in [0.1, 0.15) is 6.04 Å². The smallest absolute Gasteiger partial charge is 0.388 e. The van der Waals surface area contributed by atoms with Crippen molar-refractivity contribution in [2.45, 2.75) is 18.2 Å². The average Bonchev–Trinajstić information content (AvgIpc) is 2.71. The van der Waals surface area contributed by atoms with Gasteiger partial charge in [0, 0.05) is 6.20 Å². The number of aromatic nitrogens is 2. The summed E-state index contributed by atoms with van der Waals surface area (Å²) in [5, 5.41) is 20.0. The van der Waals surface area contributed by atoms with Gasteiger partial charge in [0.1, 0.15) is 18.0 Å². The highest BCUT2D eigenvalue weighted by molar-refractivity contribution is 7.60. The molecule has 13 nitrogen and oxygen atoms in total. The second kappa shape index (κ2) is 7.08. The SMILES string of the molecule is Nc1ccn([C@@H]2C=C(COP(=O)(O)OP(=O)(O)O)[C@@H](O)[C@H]2O)c(=O)n1. The topological polar surface area (TPSA) is 215 Å². The zero-order valence-electron chi connectivity index (χ0n) is 12.3. The predicted octanol–water partition coefficient (Wildman–Crippen LogP) is -1.75. The van der Waals surface area contributed by atoms with E-state index in [9.17, 15) is 29.0 Å². The molecule has 15 heteroatoms. The van der Waals surface area contributed by atoms with Gasteiger partial charge in [-0.1, -0.05) is 6.08 Å². The van der Waals surface area contributed by atoms with E-state index in [1.54, 1.807) is 0 Å². The van der Waals surface area contributed by atoms with E-state index in [1.165, 1.54) is 18.3 Å². The highest BCUT2D eigenvalue weighted by Crippen LogP contribution is 2.57. The molecule has 1 aromatic heterocycles. The molecule has 0 aliphatic heterocycles. The number of phosphoric ester groups is 1. The van der Waals surface area contributed by atoms with Crippen LogP contribution in [0.25, 0.3) is 0 Å². The van der Waals surface area contributed by atoms with Crippen LogP contribution in [0.3, 0.4) is 0 Å². The summed E-state index contributed by atoms with van der Waals surface area (Å²) in [6.45, 7) is -0.792. The van der Waals surface area contributed by atoms with Crippen molar-refractivity contribution in [3.63, 3.8) is 0 Å². The van der Waals surface area contributed by atoms with Gasteiger partial charge in [-0.25, -0.2) is 13.9 Å². The van der Waals surface area contributed by atoms with Gasteiger partial charge < -0.3 is 30.6 Å². The molecule has 0 saturated heterocycles. The number of nitrogens with two attached hydrogens (primary N) is 1.